The van der Waals surface area contributed by atoms with E-state index >= 15 is 0 Å². The standard InChI is InChI=1S/C18H14N4O2/c19-12-14-7-4-8-15(11-14)20-17(23)18-22-21-16(24-18)10-9-13-5-2-1-3-6-13/h1-8,11H,9-10H2,(H,20,23). The quantitative estimate of drug-likeness (QED) is 0.780. The fourth-order valence-electron chi connectivity index (χ4n) is 2.19. The van der Waals surface area contributed by atoms with Gasteiger partial charge in [0.15, 0.2) is 0 Å². The highest BCUT2D eigenvalue weighted by molar-refractivity contribution is 6.00. The molecular weight excluding hydrogens is 304 g/mol. The Bertz CT molecular complexity index is 881. The van der Waals surface area contributed by atoms with Gasteiger partial charge in [-0.15, -0.1) is 10.2 Å². The molecule has 0 aliphatic carbocycles. The van der Waals surface area contributed by atoms with Gasteiger partial charge in [0.25, 0.3) is 0 Å². The number of nitriles is 1. The largest absolute Gasteiger partial charge is 0.417 e. The molecule has 0 spiro atoms. The van der Waals surface area contributed by atoms with Gasteiger partial charge >= 0.3 is 11.8 Å². The summed E-state index contributed by atoms with van der Waals surface area (Å²) in [6.07, 6.45) is 1.32. The highest BCUT2D eigenvalue weighted by Gasteiger charge is 2.15. The van der Waals surface area contributed by atoms with Crippen LogP contribution >= 0.6 is 0 Å². The summed E-state index contributed by atoms with van der Waals surface area (Å²) in [4.78, 5) is 12.1. The number of carbonyl (C=O) groups excluding carboxylic acids is 1. The molecule has 3 aromatic rings. The summed E-state index contributed by atoms with van der Waals surface area (Å²) in [6, 6.07) is 18.6. The molecular formula is C18H14N4O2. The Labute approximate surface area is 138 Å². The van der Waals surface area contributed by atoms with Gasteiger partial charge in [-0.25, -0.2) is 0 Å². The van der Waals surface area contributed by atoms with Crippen LogP contribution in [0.2, 0.25) is 0 Å². The molecule has 0 atom stereocenters. The summed E-state index contributed by atoms with van der Waals surface area (Å²) >= 11 is 0. The van der Waals surface area contributed by atoms with Crippen LogP contribution in [0.25, 0.3) is 0 Å². The zero-order valence-corrected chi connectivity index (χ0v) is 12.8. The number of benzene rings is 2. The van der Waals surface area contributed by atoms with Crippen molar-refractivity contribution in [2.45, 2.75) is 12.8 Å². The zero-order valence-electron chi connectivity index (χ0n) is 12.8. The topological polar surface area (TPSA) is 91.8 Å². The van der Waals surface area contributed by atoms with Gasteiger partial charge in [-0.1, -0.05) is 36.4 Å². The van der Waals surface area contributed by atoms with E-state index in [1.165, 1.54) is 0 Å². The molecule has 0 aliphatic heterocycles. The maximum Gasteiger partial charge on any atom is 0.313 e. The second-order valence-corrected chi connectivity index (χ2v) is 5.13. The van der Waals surface area contributed by atoms with E-state index in [0.717, 1.165) is 12.0 Å². The number of amides is 1. The van der Waals surface area contributed by atoms with E-state index in [2.05, 4.69) is 15.5 Å². The maximum absolute atomic E-state index is 12.1. The third kappa shape index (κ3) is 3.84. The predicted molar refractivity (Wildman–Crippen MR) is 87.3 cm³/mol. The lowest BCUT2D eigenvalue weighted by Gasteiger charge is -2.01. The predicted octanol–water partition coefficient (Wildman–Crippen LogP) is 2.98. The first-order chi connectivity index (χ1) is 11.7. The van der Waals surface area contributed by atoms with Crippen molar-refractivity contribution in [3.8, 4) is 6.07 Å². The molecule has 0 radical (unpaired) electrons. The molecule has 1 aromatic heterocycles. The highest BCUT2D eigenvalue weighted by atomic mass is 16.4. The lowest BCUT2D eigenvalue weighted by molar-refractivity contribution is 0.0988. The van der Waals surface area contributed by atoms with Crippen molar-refractivity contribution < 1.29 is 9.21 Å². The Kier molecular flexibility index (Phi) is 4.63. The van der Waals surface area contributed by atoms with Crippen LogP contribution in [0.1, 0.15) is 27.7 Å². The van der Waals surface area contributed by atoms with E-state index in [0.29, 0.717) is 23.6 Å². The maximum atomic E-state index is 12.1. The normalized spacial score (nSPS) is 10.1. The number of aryl methyl sites for hydroxylation is 2. The Morgan fingerprint density at radius 3 is 2.71 bits per heavy atom. The van der Waals surface area contributed by atoms with Crippen molar-refractivity contribution >= 4 is 11.6 Å². The van der Waals surface area contributed by atoms with Crippen molar-refractivity contribution in [1.29, 1.82) is 5.26 Å². The van der Waals surface area contributed by atoms with Crippen LogP contribution in [-0.2, 0) is 12.8 Å². The van der Waals surface area contributed by atoms with E-state index in [4.69, 9.17) is 9.68 Å². The summed E-state index contributed by atoms with van der Waals surface area (Å²) in [6.45, 7) is 0. The van der Waals surface area contributed by atoms with Gasteiger partial charge in [0.2, 0.25) is 5.89 Å². The molecule has 24 heavy (non-hydrogen) atoms. The molecule has 2 aromatic carbocycles. The summed E-state index contributed by atoms with van der Waals surface area (Å²) in [5.74, 6) is -0.182. The molecule has 0 bridgehead atoms. The molecule has 6 heteroatoms. The van der Waals surface area contributed by atoms with E-state index in [9.17, 15) is 4.79 Å². The average Bonchev–Trinajstić information content (AvgIpc) is 3.10. The molecule has 0 saturated heterocycles. The number of rotatable bonds is 5. The number of nitrogens with one attached hydrogen (secondary N) is 1. The van der Waals surface area contributed by atoms with Crippen molar-refractivity contribution in [3.63, 3.8) is 0 Å². The molecule has 0 unspecified atom stereocenters. The van der Waals surface area contributed by atoms with Crippen LogP contribution in [0.5, 0.6) is 0 Å². The molecule has 0 aliphatic rings. The Balaban J connectivity index is 1.62. The van der Waals surface area contributed by atoms with Gasteiger partial charge in [0.1, 0.15) is 0 Å². The second-order valence-electron chi connectivity index (χ2n) is 5.13. The SMILES string of the molecule is N#Cc1cccc(NC(=O)c2nnc(CCc3ccccc3)o2)c1. The Morgan fingerprint density at radius 1 is 1.08 bits per heavy atom. The van der Waals surface area contributed by atoms with Gasteiger partial charge in [0, 0.05) is 12.1 Å². The lowest BCUT2D eigenvalue weighted by atomic mass is 10.1. The molecule has 0 fully saturated rings. The first-order valence-corrected chi connectivity index (χ1v) is 7.42. The van der Waals surface area contributed by atoms with Crippen LogP contribution in [0.15, 0.2) is 59.0 Å². The third-order valence-electron chi connectivity index (χ3n) is 3.38. The van der Waals surface area contributed by atoms with Crippen molar-refractivity contribution in [2.75, 3.05) is 5.32 Å². The minimum Gasteiger partial charge on any atom is -0.417 e. The van der Waals surface area contributed by atoms with Crippen LogP contribution in [-0.4, -0.2) is 16.1 Å². The zero-order chi connectivity index (χ0) is 16.8. The number of hydrogen-bond acceptors (Lipinski definition) is 5. The van der Waals surface area contributed by atoms with Crippen LogP contribution in [0.4, 0.5) is 5.69 Å². The van der Waals surface area contributed by atoms with Gasteiger partial charge in [-0.2, -0.15) is 5.26 Å². The molecule has 0 saturated carbocycles. The number of anilines is 1. The first kappa shape index (κ1) is 15.4. The molecule has 6 nitrogen and oxygen atoms in total. The summed E-state index contributed by atoms with van der Waals surface area (Å²) < 4.78 is 5.40. The fourth-order valence-corrected chi connectivity index (χ4v) is 2.19. The minimum absolute atomic E-state index is 0.0968. The smallest absolute Gasteiger partial charge is 0.313 e. The van der Waals surface area contributed by atoms with Crippen molar-refractivity contribution in [1.82, 2.24) is 10.2 Å². The molecule has 3 rings (SSSR count). The summed E-state index contributed by atoms with van der Waals surface area (Å²) in [5, 5.41) is 19.2. The second kappa shape index (κ2) is 7.20. The lowest BCUT2D eigenvalue weighted by Crippen LogP contribution is -2.12. The first-order valence-electron chi connectivity index (χ1n) is 7.42. The van der Waals surface area contributed by atoms with E-state index in [1.807, 2.05) is 36.4 Å². The van der Waals surface area contributed by atoms with Crippen molar-refractivity contribution in [2.24, 2.45) is 0 Å². The number of aromatic nitrogens is 2. The van der Waals surface area contributed by atoms with Crippen LogP contribution < -0.4 is 5.32 Å². The summed E-state index contributed by atoms with van der Waals surface area (Å²) in [7, 11) is 0. The molecule has 1 heterocycles. The highest BCUT2D eigenvalue weighted by Crippen LogP contribution is 2.12. The fraction of sp³-hybridized carbons (Fsp3) is 0.111. The number of carbonyl (C=O) groups is 1. The van der Waals surface area contributed by atoms with Gasteiger partial charge in [-0.05, 0) is 30.2 Å². The van der Waals surface area contributed by atoms with Crippen molar-refractivity contribution in [3.05, 3.63) is 77.5 Å². The van der Waals surface area contributed by atoms with E-state index in [1.54, 1.807) is 24.3 Å². The van der Waals surface area contributed by atoms with Gasteiger partial charge in [-0.3, -0.25) is 4.79 Å². The van der Waals surface area contributed by atoms with Gasteiger partial charge in [0.05, 0.1) is 11.6 Å². The monoisotopic (exact) mass is 318 g/mol. The van der Waals surface area contributed by atoms with Crippen LogP contribution in [0.3, 0.4) is 0 Å². The van der Waals surface area contributed by atoms with E-state index in [-0.39, 0.29) is 5.89 Å². The number of hydrogen-bond donors (Lipinski definition) is 1. The minimum atomic E-state index is -0.497. The summed E-state index contributed by atoms with van der Waals surface area (Å²) in [5.41, 5.74) is 2.12. The molecule has 1 amide bonds. The van der Waals surface area contributed by atoms with E-state index < -0.39 is 5.91 Å². The molecule has 118 valence electrons. The van der Waals surface area contributed by atoms with Gasteiger partial charge < -0.3 is 9.73 Å². The third-order valence-corrected chi connectivity index (χ3v) is 3.38. The Hall–Kier alpha value is -3.46. The number of nitrogens with zero attached hydrogens (tertiary/aromatic N) is 3. The Morgan fingerprint density at radius 2 is 1.92 bits per heavy atom. The average molecular weight is 318 g/mol. The molecule has 1 N–H and O–H groups in total. The van der Waals surface area contributed by atoms with Crippen LogP contribution in [0, 0.1) is 11.3 Å².